The molecule has 1 amide bonds. The number of nitrogens with one attached hydrogen (secondary N) is 1. The number of fused-ring (bicyclic) bond motifs is 1. The fraction of sp³-hybridized carbons (Fsp3) is 0.500. The molecule has 0 unspecified atom stereocenters. The van der Waals surface area contributed by atoms with Crippen molar-refractivity contribution < 1.29 is 4.79 Å². The van der Waals surface area contributed by atoms with Gasteiger partial charge in [0.25, 0.3) is 5.91 Å². The standard InChI is InChI=1S/C18H25N5O/c1-13(2)23-10-7-16-15(12-23)21-17(22(16)3)18(24)20-9-6-14-5-4-8-19-11-14/h4-5,8,11,13H,6-7,9-10,12H2,1-3H3,(H,20,24). The lowest BCUT2D eigenvalue weighted by atomic mass is 10.1. The SMILES string of the molecule is CC(C)N1CCc2c(nc(C(=O)NCCc3cccnc3)n2C)C1. The number of hydrogen-bond donors (Lipinski definition) is 1. The van der Waals surface area contributed by atoms with Gasteiger partial charge in [-0.15, -0.1) is 0 Å². The van der Waals surface area contributed by atoms with Gasteiger partial charge in [0.2, 0.25) is 0 Å². The summed E-state index contributed by atoms with van der Waals surface area (Å²) in [5.41, 5.74) is 3.34. The first-order chi connectivity index (χ1) is 11.6. The molecule has 6 heteroatoms. The lowest BCUT2D eigenvalue weighted by molar-refractivity contribution is 0.0940. The lowest BCUT2D eigenvalue weighted by Crippen LogP contribution is -2.36. The van der Waals surface area contributed by atoms with E-state index >= 15 is 0 Å². The second-order valence-corrected chi connectivity index (χ2v) is 6.57. The maximum absolute atomic E-state index is 12.5. The number of rotatable bonds is 5. The van der Waals surface area contributed by atoms with E-state index in [2.05, 4.69) is 34.0 Å². The molecule has 24 heavy (non-hydrogen) atoms. The van der Waals surface area contributed by atoms with E-state index in [1.54, 1.807) is 6.20 Å². The fourth-order valence-corrected chi connectivity index (χ4v) is 3.14. The van der Waals surface area contributed by atoms with Gasteiger partial charge in [0.05, 0.1) is 5.69 Å². The molecule has 128 valence electrons. The van der Waals surface area contributed by atoms with Crippen LogP contribution < -0.4 is 5.32 Å². The molecule has 0 fully saturated rings. The number of carbonyl (C=O) groups excluding carboxylic acids is 1. The van der Waals surface area contributed by atoms with Crippen LogP contribution in [0.5, 0.6) is 0 Å². The van der Waals surface area contributed by atoms with Crippen LogP contribution in [0.25, 0.3) is 0 Å². The van der Waals surface area contributed by atoms with Crippen LogP contribution >= 0.6 is 0 Å². The van der Waals surface area contributed by atoms with Gasteiger partial charge in [0.1, 0.15) is 0 Å². The van der Waals surface area contributed by atoms with Crippen LogP contribution in [0.3, 0.4) is 0 Å². The van der Waals surface area contributed by atoms with Crippen molar-refractivity contribution in [2.45, 2.75) is 39.3 Å². The second-order valence-electron chi connectivity index (χ2n) is 6.57. The highest BCUT2D eigenvalue weighted by Gasteiger charge is 2.26. The van der Waals surface area contributed by atoms with E-state index < -0.39 is 0 Å². The van der Waals surface area contributed by atoms with Crippen molar-refractivity contribution in [3.05, 3.63) is 47.3 Å². The third-order valence-corrected chi connectivity index (χ3v) is 4.64. The van der Waals surface area contributed by atoms with Crippen LogP contribution in [0.1, 0.15) is 41.4 Å². The molecule has 0 aliphatic carbocycles. The van der Waals surface area contributed by atoms with Gasteiger partial charge in [-0.2, -0.15) is 0 Å². The average Bonchev–Trinajstić information content (AvgIpc) is 2.92. The van der Waals surface area contributed by atoms with E-state index in [1.165, 1.54) is 5.69 Å². The number of aromatic nitrogens is 3. The molecule has 0 aromatic carbocycles. The van der Waals surface area contributed by atoms with Crippen LogP contribution in [-0.2, 0) is 26.4 Å². The normalized spacial score (nSPS) is 14.7. The zero-order valence-electron chi connectivity index (χ0n) is 14.6. The fourth-order valence-electron chi connectivity index (χ4n) is 3.14. The maximum Gasteiger partial charge on any atom is 0.287 e. The Balaban J connectivity index is 1.63. The predicted octanol–water partition coefficient (Wildman–Crippen LogP) is 1.55. The van der Waals surface area contributed by atoms with Crippen molar-refractivity contribution in [3.8, 4) is 0 Å². The van der Waals surface area contributed by atoms with Crippen LogP contribution in [-0.4, -0.2) is 44.5 Å². The molecular weight excluding hydrogens is 302 g/mol. The summed E-state index contributed by atoms with van der Waals surface area (Å²) >= 11 is 0. The Labute approximate surface area is 142 Å². The quantitative estimate of drug-likeness (QED) is 0.905. The largest absolute Gasteiger partial charge is 0.349 e. The van der Waals surface area contributed by atoms with Gasteiger partial charge in [-0.05, 0) is 31.9 Å². The number of amides is 1. The highest BCUT2D eigenvalue weighted by atomic mass is 16.2. The summed E-state index contributed by atoms with van der Waals surface area (Å²) in [5.74, 6) is 0.406. The van der Waals surface area contributed by atoms with E-state index in [4.69, 9.17) is 0 Å². The average molecular weight is 327 g/mol. The highest BCUT2D eigenvalue weighted by Crippen LogP contribution is 2.20. The molecular formula is C18H25N5O. The molecule has 0 atom stereocenters. The zero-order valence-corrected chi connectivity index (χ0v) is 14.6. The molecule has 1 aliphatic rings. The van der Waals surface area contributed by atoms with Crippen LogP contribution in [0.15, 0.2) is 24.5 Å². The van der Waals surface area contributed by atoms with Crippen LogP contribution in [0.2, 0.25) is 0 Å². The summed E-state index contributed by atoms with van der Waals surface area (Å²) < 4.78 is 1.95. The van der Waals surface area contributed by atoms with Crippen molar-refractivity contribution >= 4 is 5.91 Å². The second kappa shape index (κ2) is 7.13. The van der Waals surface area contributed by atoms with Crippen molar-refractivity contribution in [2.24, 2.45) is 7.05 Å². The third kappa shape index (κ3) is 3.48. The van der Waals surface area contributed by atoms with Gasteiger partial charge >= 0.3 is 0 Å². The number of pyridine rings is 1. The van der Waals surface area contributed by atoms with E-state index in [1.807, 2.05) is 29.9 Å². The van der Waals surface area contributed by atoms with Crippen molar-refractivity contribution in [1.29, 1.82) is 0 Å². The highest BCUT2D eigenvalue weighted by molar-refractivity contribution is 5.91. The van der Waals surface area contributed by atoms with Crippen molar-refractivity contribution in [3.63, 3.8) is 0 Å². The molecule has 0 saturated heterocycles. The number of imidazole rings is 1. The zero-order chi connectivity index (χ0) is 17.1. The molecule has 6 nitrogen and oxygen atoms in total. The third-order valence-electron chi connectivity index (χ3n) is 4.64. The molecule has 2 aromatic heterocycles. The molecule has 0 radical (unpaired) electrons. The van der Waals surface area contributed by atoms with Crippen LogP contribution in [0.4, 0.5) is 0 Å². The monoisotopic (exact) mass is 327 g/mol. The molecule has 3 heterocycles. The summed E-state index contributed by atoms with van der Waals surface area (Å²) in [5, 5.41) is 2.97. The predicted molar refractivity (Wildman–Crippen MR) is 92.7 cm³/mol. The van der Waals surface area contributed by atoms with E-state index in [-0.39, 0.29) is 5.91 Å². The number of hydrogen-bond acceptors (Lipinski definition) is 4. The minimum atomic E-state index is -0.105. The molecule has 0 spiro atoms. The smallest absolute Gasteiger partial charge is 0.287 e. The van der Waals surface area contributed by atoms with Gasteiger partial charge < -0.3 is 9.88 Å². The first-order valence-electron chi connectivity index (χ1n) is 8.52. The Morgan fingerprint density at radius 1 is 1.42 bits per heavy atom. The Kier molecular flexibility index (Phi) is 4.94. The van der Waals surface area contributed by atoms with E-state index in [0.29, 0.717) is 18.4 Å². The molecule has 2 aromatic rings. The Hall–Kier alpha value is -2.21. The summed E-state index contributed by atoms with van der Waals surface area (Å²) in [6.45, 7) is 6.82. The van der Waals surface area contributed by atoms with Gasteiger partial charge in [-0.25, -0.2) is 4.98 Å². The number of nitrogens with zero attached hydrogens (tertiary/aromatic N) is 4. The summed E-state index contributed by atoms with van der Waals surface area (Å²) in [7, 11) is 1.94. The Bertz CT molecular complexity index is 708. The molecule has 1 aliphatic heterocycles. The molecule has 1 N–H and O–H groups in total. The van der Waals surface area contributed by atoms with Gasteiger partial charge in [0.15, 0.2) is 5.82 Å². The first kappa shape index (κ1) is 16.6. The van der Waals surface area contributed by atoms with Crippen molar-refractivity contribution in [1.82, 2.24) is 24.8 Å². The summed E-state index contributed by atoms with van der Waals surface area (Å²) in [4.78, 5) is 23.5. The maximum atomic E-state index is 12.5. The van der Waals surface area contributed by atoms with E-state index in [0.717, 1.165) is 37.2 Å². The minimum absolute atomic E-state index is 0.105. The van der Waals surface area contributed by atoms with Crippen molar-refractivity contribution in [2.75, 3.05) is 13.1 Å². The minimum Gasteiger partial charge on any atom is -0.349 e. The van der Waals surface area contributed by atoms with Gasteiger partial charge in [-0.1, -0.05) is 6.07 Å². The van der Waals surface area contributed by atoms with Crippen LogP contribution in [0, 0.1) is 0 Å². The summed E-state index contributed by atoms with van der Waals surface area (Å²) in [6, 6.07) is 4.42. The first-order valence-corrected chi connectivity index (χ1v) is 8.52. The topological polar surface area (TPSA) is 63.1 Å². The Morgan fingerprint density at radius 2 is 2.25 bits per heavy atom. The van der Waals surface area contributed by atoms with E-state index in [9.17, 15) is 4.79 Å². The molecule has 0 saturated carbocycles. The summed E-state index contributed by atoms with van der Waals surface area (Å²) in [6.07, 6.45) is 5.29. The van der Waals surface area contributed by atoms with Gasteiger partial charge in [-0.3, -0.25) is 14.7 Å². The number of carbonyl (C=O) groups is 1. The Morgan fingerprint density at radius 3 is 2.96 bits per heavy atom. The molecule has 0 bridgehead atoms. The lowest BCUT2D eigenvalue weighted by Gasteiger charge is -2.29. The van der Waals surface area contributed by atoms with Gasteiger partial charge in [0, 0.05) is 57.2 Å². The molecule has 3 rings (SSSR count).